The van der Waals surface area contributed by atoms with Crippen LogP contribution in [0.5, 0.6) is 11.5 Å². The standard InChI is InChI=1S/C30H31N3O7S/c1-6-14-40-29(35)26-19(4)31-30-32(28(34)25(41-30)16-20-7-10-22(11-8-20)33(36)37)27(26)21-9-12-23(24(17-21)38-5)39-15-13-18(2)3/h6-12,16-18,27H,1,13-15H2,2-5H3. The molecule has 0 amide bonds. The molecule has 10 nitrogen and oxygen atoms in total. The lowest BCUT2D eigenvalue weighted by atomic mass is 9.95. The lowest BCUT2D eigenvalue weighted by molar-refractivity contribution is -0.384. The fourth-order valence-corrected chi connectivity index (χ4v) is 5.38. The van der Waals surface area contributed by atoms with Crippen LogP contribution in [0.2, 0.25) is 0 Å². The maximum atomic E-state index is 13.8. The highest BCUT2D eigenvalue weighted by Gasteiger charge is 2.34. The van der Waals surface area contributed by atoms with Crippen molar-refractivity contribution in [3.8, 4) is 11.5 Å². The van der Waals surface area contributed by atoms with Crippen LogP contribution in [0.3, 0.4) is 0 Å². The summed E-state index contributed by atoms with van der Waals surface area (Å²) in [7, 11) is 1.53. The number of nitrogens with zero attached hydrogens (tertiary/aromatic N) is 3. The molecular weight excluding hydrogens is 546 g/mol. The third-order valence-corrected chi connectivity index (χ3v) is 7.41. The fraction of sp³-hybridized carbons (Fsp3) is 0.300. The first-order valence-corrected chi connectivity index (χ1v) is 13.8. The summed E-state index contributed by atoms with van der Waals surface area (Å²) in [5.41, 5.74) is 1.45. The van der Waals surface area contributed by atoms with E-state index in [9.17, 15) is 19.7 Å². The van der Waals surface area contributed by atoms with E-state index in [2.05, 4.69) is 25.4 Å². The van der Waals surface area contributed by atoms with E-state index < -0.39 is 16.9 Å². The van der Waals surface area contributed by atoms with E-state index in [0.717, 1.165) is 17.8 Å². The summed E-state index contributed by atoms with van der Waals surface area (Å²) >= 11 is 1.16. The van der Waals surface area contributed by atoms with Crippen LogP contribution in [0.1, 0.15) is 44.4 Å². The number of esters is 1. The van der Waals surface area contributed by atoms with Gasteiger partial charge in [0.25, 0.3) is 11.2 Å². The number of aromatic nitrogens is 1. The molecule has 0 saturated heterocycles. The second kappa shape index (κ2) is 12.8. The number of hydrogen-bond donors (Lipinski definition) is 0. The van der Waals surface area contributed by atoms with Crippen LogP contribution < -0.4 is 24.4 Å². The van der Waals surface area contributed by atoms with Crippen molar-refractivity contribution in [2.45, 2.75) is 33.2 Å². The molecule has 214 valence electrons. The lowest BCUT2D eigenvalue weighted by Crippen LogP contribution is -2.40. The number of methoxy groups -OCH3 is 1. The summed E-state index contributed by atoms with van der Waals surface area (Å²) in [6.07, 6.45) is 3.98. The third-order valence-electron chi connectivity index (χ3n) is 6.43. The van der Waals surface area contributed by atoms with Gasteiger partial charge in [0.15, 0.2) is 16.3 Å². The maximum absolute atomic E-state index is 13.8. The number of carbonyl (C=O) groups is 1. The van der Waals surface area contributed by atoms with Crippen molar-refractivity contribution in [2.75, 3.05) is 20.3 Å². The van der Waals surface area contributed by atoms with E-state index >= 15 is 0 Å². The lowest BCUT2D eigenvalue weighted by Gasteiger charge is -2.25. The second-order valence-electron chi connectivity index (χ2n) is 9.76. The number of allylic oxidation sites excluding steroid dienone is 1. The first-order chi connectivity index (χ1) is 19.6. The minimum Gasteiger partial charge on any atom is -0.493 e. The van der Waals surface area contributed by atoms with Gasteiger partial charge in [-0.3, -0.25) is 19.5 Å². The normalized spacial score (nSPS) is 14.9. The molecule has 1 aliphatic rings. The molecule has 0 N–H and O–H groups in total. The van der Waals surface area contributed by atoms with Crippen LogP contribution in [-0.2, 0) is 9.53 Å². The Kier molecular flexibility index (Phi) is 9.18. The van der Waals surface area contributed by atoms with Crippen molar-refractivity contribution in [3.05, 3.63) is 107 Å². The minimum absolute atomic E-state index is 0.00114. The van der Waals surface area contributed by atoms with Crippen LogP contribution in [0.4, 0.5) is 5.69 Å². The molecule has 0 bridgehead atoms. The van der Waals surface area contributed by atoms with Gasteiger partial charge in [0.05, 0.1) is 40.5 Å². The SMILES string of the molecule is C=CCOC(=O)C1=C(C)N=c2sc(=Cc3ccc([N+](=O)[O-])cc3)c(=O)n2C1c1ccc(OCCC(C)C)c(OC)c1. The number of hydrogen-bond acceptors (Lipinski definition) is 9. The van der Waals surface area contributed by atoms with Crippen molar-refractivity contribution in [1.82, 2.24) is 4.57 Å². The molecule has 41 heavy (non-hydrogen) atoms. The summed E-state index contributed by atoms with van der Waals surface area (Å²) in [6, 6.07) is 10.4. The molecule has 0 saturated carbocycles. The number of non-ortho nitro benzene ring substituents is 1. The zero-order chi connectivity index (χ0) is 29.7. The summed E-state index contributed by atoms with van der Waals surface area (Å²) in [5.74, 6) is 0.883. The monoisotopic (exact) mass is 577 g/mol. The summed E-state index contributed by atoms with van der Waals surface area (Å²) in [6.45, 7) is 10.1. The average molecular weight is 578 g/mol. The molecular formula is C30H31N3O7S. The van der Waals surface area contributed by atoms with E-state index in [0.29, 0.717) is 50.2 Å². The Morgan fingerprint density at radius 1 is 1.22 bits per heavy atom. The quantitative estimate of drug-likeness (QED) is 0.144. The number of benzene rings is 2. The molecule has 1 unspecified atom stereocenters. The zero-order valence-corrected chi connectivity index (χ0v) is 24.1. The highest BCUT2D eigenvalue weighted by molar-refractivity contribution is 7.07. The molecule has 2 aromatic carbocycles. The van der Waals surface area contributed by atoms with Gasteiger partial charge >= 0.3 is 5.97 Å². The highest BCUT2D eigenvalue weighted by Crippen LogP contribution is 2.36. The Balaban J connectivity index is 1.85. The maximum Gasteiger partial charge on any atom is 0.338 e. The number of carbonyl (C=O) groups excluding carboxylic acids is 1. The van der Waals surface area contributed by atoms with Gasteiger partial charge in [-0.15, -0.1) is 0 Å². The van der Waals surface area contributed by atoms with Crippen LogP contribution >= 0.6 is 11.3 Å². The van der Waals surface area contributed by atoms with Gasteiger partial charge in [-0.2, -0.15) is 0 Å². The molecule has 1 atom stereocenters. The van der Waals surface area contributed by atoms with Crippen molar-refractivity contribution in [3.63, 3.8) is 0 Å². The molecule has 1 aliphatic heterocycles. The van der Waals surface area contributed by atoms with E-state index in [1.165, 1.54) is 29.9 Å². The van der Waals surface area contributed by atoms with Crippen LogP contribution in [0, 0.1) is 16.0 Å². The van der Waals surface area contributed by atoms with E-state index in [4.69, 9.17) is 14.2 Å². The van der Waals surface area contributed by atoms with Crippen LogP contribution in [0.15, 0.2) is 76.2 Å². The van der Waals surface area contributed by atoms with Crippen LogP contribution in [-0.4, -0.2) is 35.8 Å². The smallest absolute Gasteiger partial charge is 0.338 e. The van der Waals surface area contributed by atoms with Crippen molar-refractivity contribution >= 4 is 29.1 Å². The first-order valence-electron chi connectivity index (χ1n) is 13.0. The molecule has 0 radical (unpaired) electrons. The molecule has 0 fully saturated rings. The largest absolute Gasteiger partial charge is 0.493 e. The molecule has 1 aromatic heterocycles. The van der Waals surface area contributed by atoms with Gasteiger partial charge in [0, 0.05) is 12.1 Å². The Hall–Kier alpha value is -4.51. The highest BCUT2D eigenvalue weighted by atomic mass is 32.1. The van der Waals surface area contributed by atoms with Gasteiger partial charge in [0.2, 0.25) is 0 Å². The van der Waals surface area contributed by atoms with Gasteiger partial charge in [0.1, 0.15) is 6.61 Å². The summed E-state index contributed by atoms with van der Waals surface area (Å²) < 4.78 is 18.8. The Labute approximate surface area is 240 Å². The second-order valence-corrected chi connectivity index (χ2v) is 10.8. The number of rotatable bonds is 11. The molecule has 4 rings (SSSR count). The molecule has 3 aromatic rings. The topological polar surface area (TPSA) is 122 Å². The Morgan fingerprint density at radius 3 is 2.59 bits per heavy atom. The predicted molar refractivity (Wildman–Crippen MR) is 156 cm³/mol. The first kappa shape index (κ1) is 29.5. The van der Waals surface area contributed by atoms with Crippen molar-refractivity contribution in [2.24, 2.45) is 10.9 Å². The number of thiazole rings is 1. The van der Waals surface area contributed by atoms with Gasteiger partial charge in [-0.05, 0) is 60.7 Å². The molecule has 0 aliphatic carbocycles. The Bertz CT molecular complexity index is 1680. The number of ether oxygens (including phenoxy) is 3. The minimum atomic E-state index is -0.846. The van der Waals surface area contributed by atoms with Crippen molar-refractivity contribution in [1.29, 1.82) is 0 Å². The van der Waals surface area contributed by atoms with Gasteiger partial charge in [-0.25, -0.2) is 9.79 Å². The van der Waals surface area contributed by atoms with E-state index in [-0.39, 0.29) is 23.4 Å². The summed E-state index contributed by atoms with van der Waals surface area (Å²) in [5, 5.41) is 11.0. The van der Waals surface area contributed by atoms with Gasteiger partial charge in [-0.1, -0.05) is 43.9 Å². The zero-order valence-electron chi connectivity index (χ0n) is 23.3. The van der Waals surface area contributed by atoms with Crippen molar-refractivity contribution < 1.29 is 23.9 Å². The third kappa shape index (κ3) is 6.46. The fourth-order valence-electron chi connectivity index (χ4n) is 4.33. The van der Waals surface area contributed by atoms with Gasteiger partial charge < -0.3 is 14.2 Å². The number of nitro benzene ring substituents is 1. The Morgan fingerprint density at radius 2 is 1.95 bits per heavy atom. The van der Waals surface area contributed by atoms with E-state index in [1.54, 1.807) is 43.3 Å². The van der Waals surface area contributed by atoms with Crippen LogP contribution in [0.25, 0.3) is 6.08 Å². The molecule has 0 spiro atoms. The number of nitro groups is 1. The average Bonchev–Trinajstić information content (AvgIpc) is 3.25. The molecule has 2 heterocycles. The summed E-state index contributed by atoms with van der Waals surface area (Å²) in [4.78, 5) is 42.6. The molecule has 11 heteroatoms. The van der Waals surface area contributed by atoms with E-state index in [1.807, 2.05) is 0 Å². The number of fused-ring (bicyclic) bond motifs is 1. The predicted octanol–water partition coefficient (Wildman–Crippen LogP) is 4.31.